The van der Waals surface area contributed by atoms with Crippen molar-refractivity contribution in [1.82, 2.24) is 9.80 Å². The molecule has 3 nitrogen and oxygen atoms in total. The summed E-state index contributed by atoms with van der Waals surface area (Å²) in [5.74, 6) is 0. The highest BCUT2D eigenvalue weighted by atomic mass is 15.2. The van der Waals surface area contributed by atoms with Crippen LogP contribution < -0.4 is 5.32 Å². The van der Waals surface area contributed by atoms with Gasteiger partial charge in [-0.25, -0.2) is 0 Å². The Morgan fingerprint density at radius 3 is 3.00 bits per heavy atom. The Morgan fingerprint density at radius 1 is 1.24 bits per heavy atom. The van der Waals surface area contributed by atoms with Gasteiger partial charge in [-0.05, 0) is 56.5 Å². The number of aryl methyl sites for hydroxylation is 1. The Labute approximate surface area is 129 Å². The van der Waals surface area contributed by atoms with Crippen LogP contribution in [0.25, 0.3) is 0 Å². The fraction of sp³-hybridized carbons (Fsp3) is 0.667. The molecular formula is C18H29N3. The number of nitrogens with zero attached hydrogens (tertiary/aromatic N) is 2. The van der Waals surface area contributed by atoms with E-state index in [2.05, 4.69) is 47.3 Å². The molecule has 1 atom stereocenters. The molecule has 2 heterocycles. The largest absolute Gasteiger partial charge is 0.385 e. The fourth-order valence-electron chi connectivity index (χ4n) is 3.75. The lowest BCUT2D eigenvalue weighted by Crippen LogP contribution is -2.39. The van der Waals surface area contributed by atoms with Crippen LogP contribution >= 0.6 is 0 Å². The lowest BCUT2D eigenvalue weighted by Gasteiger charge is -2.30. The summed E-state index contributed by atoms with van der Waals surface area (Å²) in [4.78, 5) is 5.19. The number of benzene rings is 1. The molecule has 3 heteroatoms. The smallest absolute Gasteiger partial charge is 0.0372 e. The molecule has 1 N–H and O–H groups in total. The van der Waals surface area contributed by atoms with Gasteiger partial charge in [0.1, 0.15) is 0 Å². The van der Waals surface area contributed by atoms with Crippen molar-refractivity contribution >= 4 is 5.69 Å². The predicted octanol–water partition coefficient (Wildman–Crippen LogP) is 2.96. The third-order valence-corrected chi connectivity index (χ3v) is 4.99. The van der Waals surface area contributed by atoms with Crippen molar-refractivity contribution in [2.45, 2.75) is 45.2 Å². The standard InChI is InChI=1S/C18H29N3/c1-3-17-14-20(2)10-5-11-21(17)13-15-7-8-18-16(12-15)6-4-9-19-18/h7-8,12,17,19H,3-6,9-11,13-14H2,1-2H3. The molecule has 2 aliphatic heterocycles. The van der Waals surface area contributed by atoms with Crippen molar-refractivity contribution in [3.63, 3.8) is 0 Å². The molecular weight excluding hydrogens is 258 g/mol. The van der Waals surface area contributed by atoms with Crippen molar-refractivity contribution in [1.29, 1.82) is 0 Å². The monoisotopic (exact) mass is 287 g/mol. The molecule has 0 spiro atoms. The summed E-state index contributed by atoms with van der Waals surface area (Å²) in [7, 11) is 2.26. The maximum Gasteiger partial charge on any atom is 0.0372 e. The Kier molecular flexibility index (Phi) is 4.81. The van der Waals surface area contributed by atoms with Crippen LogP contribution in [0, 0.1) is 0 Å². The third kappa shape index (κ3) is 3.58. The maximum absolute atomic E-state index is 3.51. The summed E-state index contributed by atoms with van der Waals surface area (Å²) in [6.45, 7) is 8.25. The first-order chi connectivity index (χ1) is 10.3. The average molecular weight is 287 g/mol. The molecule has 0 saturated carbocycles. The lowest BCUT2D eigenvalue weighted by molar-refractivity contribution is 0.176. The van der Waals surface area contributed by atoms with Crippen LogP contribution in [0.4, 0.5) is 5.69 Å². The van der Waals surface area contributed by atoms with E-state index in [1.165, 1.54) is 62.1 Å². The van der Waals surface area contributed by atoms with E-state index in [0.29, 0.717) is 6.04 Å². The Bertz CT molecular complexity index is 472. The normalized spacial score (nSPS) is 24.2. The van der Waals surface area contributed by atoms with Gasteiger partial charge in [0.2, 0.25) is 0 Å². The Balaban J connectivity index is 1.72. The van der Waals surface area contributed by atoms with E-state index in [4.69, 9.17) is 0 Å². The van der Waals surface area contributed by atoms with Crippen molar-refractivity contribution in [2.75, 3.05) is 38.5 Å². The van der Waals surface area contributed by atoms with E-state index in [9.17, 15) is 0 Å². The number of nitrogens with one attached hydrogen (secondary N) is 1. The summed E-state index contributed by atoms with van der Waals surface area (Å²) < 4.78 is 0. The Hall–Kier alpha value is -1.06. The van der Waals surface area contributed by atoms with Crippen molar-refractivity contribution in [3.05, 3.63) is 29.3 Å². The van der Waals surface area contributed by atoms with Crippen LogP contribution in [0.2, 0.25) is 0 Å². The van der Waals surface area contributed by atoms with Crippen LogP contribution in [0.5, 0.6) is 0 Å². The van der Waals surface area contributed by atoms with Crippen LogP contribution in [-0.2, 0) is 13.0 Å². The molecule has 0 aromatic heterocycles. The van der Waals surface area contributed by atoms with Gasteiger partial charge < -0.3 is 10.2 Å². The zero-order chi connectivity index (χ0) is 14.7. The van der Waals surface area contributed by atoms with E-state index >= 15 is 0 Å². The molecule has 2 aliphatic rings. The van der Waals surface area contributed by atoms with Crippen LogP contribution in [0.3, 0.4) is 0 Å². The molecule has 0 radical (unpaired) electrons. The summed E-state index contributed by atoms with van der Waals surface area (Å²) in [5.41, 5.74) is 4.35. The SMILES string of the molecule is CCC1CN(C)CCCN1Cc1ccc2c(c1)CCCN2. The summed E-state index contributed by atoms with van der Waals surface area (Å²) in [6, 6.07) is 7.74. The number of rotatable bonds is 3. The van der Waals surface area contributed by atoms with Gasteiger partial charge in [-0.15, -0.1) is 0 Å². The van der Waals surface area contributed by atoms with Gasteiger partial charge in [0.05, 0.1) is 0 Å². The van der Waals surface area contributed by atoms with Crippen LogP contribution in [0.15, 0.2) is 18.2 Å². The minimum Gasteiger partial charge on any atom is -0.385 e. The zero-order valence-electron chi connectivity index (χ0n) is 13.6. The summed E-state index contributed by atoms with van der Waals surface area (Å²) in [5, 5.41) is 3.51. The fourth-order valence-corrected chi connectivity index (χ4v) is 3.75. The molecule has 0 bridgehead atoms. The van der Waals surface area contributed by atoms with E-state index in [1.54, 1.807) is 0 Å². The highest BCUT2D eigenvalue weighted by Crippen LogP contribution is 2.24. The molecule has 1 saturated heterocycles. The van der Waals surface area contributed by atoms with Crippen molar-refractivity contribution in [3.8, 4) is 0 Å². The van der Waals surface area contributed by atoms with Crippen LogP contribution in [-0.4, -0.2) is 49.1 Å². The number of likely N-dealkylation sites (N-methyl/N-ethyl adjacent to an activating group) is 1. The highest BCUT2D eigenvalue weighted by molar-refractivity contribution is 5.54. The molecule has 0 aliphatic carbocycles. The maximum atomic E-state index is 3.51. The second kappa shape index (κ2) is 6.80. The van der Waals surface area contributed by atoms with Gasteiger partial charge in [0, 0.05) is 37.9 Å². The van der Waals surface area contributed by atoms with E-state index in [1.807, 2.05) is 0 Å². The van der Waals surface area contributed by atoms with Gasteiger partial charge >= 0.3 is 0 Å². The second-order valence-electron chi connectivity index (χ2n) is 6.67. The zero-order valence-corrected chi connectivity index (χ0v) is 13.6. The van der Waals surface area contributed by atoms with Crippen molar-refractivity contribution < 1.29 is 0 Å². The van der Waals surface area contributed by atoms with Gasteiger partial charge in [-0.3, -0.25) is 4.90 Å². The number of hydrogen-bond donors (Lipinski definition) is 1. The quantitative estimate of drug-likeness (QED) is 0.922. The molecule has 3 rings (SSSR count). The molecule has 116 valence electrons. The van der Waals surface area contributed by atoms with Gasteiger partial charge in [-0.1, -0.05) is 19.1 Å². The van der Waals surface area contributed by atoms with E-state index in [-0.39, 0.29) is 0 Å². The minimum atomic E-state index is 0.701. The van der Waals surface area contributed by atoms with Gasteiger partial charge in [-0.2, -0.15) is 0 Å². The summed E-state index contributed by atoms with van der Waals surface area (Å²) >= 11 is 0. The average Bonchev–Trinajstić information content (AvgIpc) is 2.68. The molecule has 0 amide bonds. The van der Waals surface area contributed by atoms with E-state index < -0.39 is 0 Å². The summed E-state index contributed by atoms with van der Waals surface area (Å²) in [6.07, 6.45) is 5.04. The second-order valence-corrected chi connectivity index (χ2v) is 6.67. The van der Waals surface area contributed by atoms with Gasteiger partial charge in [0.25, 0.3) is 0 Å². The number of fused-ring (bicyclic) bond motifs is 1. The molecule has 21 heavy (non-hydrogen) atoms. The third-order valence-electron chi connectivity index (χ3n) is 4.99. The van der Waals surface area contributed by atoms with Crippen molar-refractivity contribution in [2.24, 2.45) is 0 Å². The first-order valence-corrected chi connectivity index (χ1v) is 8.54. The van der Waals surface area contributed by atoms with E-state index in [0.717, 1.165) is 13.1 Å². The highest BCUT2D eigenvalue weighted by Gasteiger charge is 2.22. The first-order valence-electron chi connectivity index (χ1n) is 8.54. The number of anilines is 1. The minimum absolute atomic E-state index is 0.701. The van der Waals surface area contributed by atoms with Crippen LogP contribution in [0.1, 0.15) is 37.3 Å². The lowest BCUT2D eigenvalue weighted by atomic mass is 10.00. The predicted molar refractivity (Wildman–Crippen MR) is 89.9 cm³/mol. The Morgan fingerprint density at radius 2 is 2.14 bits per heavy atom. The molecule has 1 aromatic rings. The first kappa shape index (κ1) is 14.9. The molecule has 1 aromatic carbocycles. The molecule has 1 fully saturated rings. The topological polar surface area (TPSA) is 18.5 Å². The van der Waals surface area contributed by atoms with Gasteiger partial charge in [0.15, 0.2) is 0 Å². The molecule has 1 unspecified atom stereocenters. The number of hydrogen-bond acceptors (Lipinski definition) is 3.